The summed E-state index contributed by atoms with van der Waals surface area (Å²) in [6.07, 6.45) is 0. The van der Waals surface area contributed by atoms with Crippen molar-refractivity contribution in [3.05, 3.63) is 291 Å². The molecule has 0 aliphatic rings. The Morgan fingerprint density at radius 2 is 0.577 bits per heavy atom. The molecule has 4 nitrogen and oxygen atoms in total. The van der Waals surface area contributed by atoms with Gasteiger partial charge in [-0.2, -0.15) is 0 Å². The van der Waals surface area contributed by atoms with Crippen LogP contribution in [0.3, 0.4) is 0 Å². The molecule has 0 amide bonds. The highest BCUT2D eigenvalue weighted by atomic mass is 15.0. The molecule has 3 aromatic heterocycles. The molecule has 15 aromatic rings. The highest BCUT2D eigenvalue weighted by Crippen LogP contribution is 2.41. The maximum absolute atomic E-state index is 5.22. The highest BCUT2D eigenvalue weighted by molar-refractivity contribution is 6.15. The molecular formula is C74H48N4. The normalized spacial score (nSPS) is 11.6. The van der Waals surface area contributed by atoms with Crippen LogP contribution in [0, 0.1) is 0 Å². The second kappa shape index (κ2) is 18.7. The van der Waals surface area contributed by atoms with E-state index < -0.39 is 0 Å². The second-order valence-electron chi connectivity index (χ2n) is 20.2. The van der Waals surface area contributed by atoms with Gasteiger partial charge in [0.25, 0.3) is 0 Å². The van der Waals surface area contributed by atoms with Crippen molar-refractivity contribution in [1.82, 2.24) is 19.1 Å². The Morgan fingerprint density at radius 1 is 0.205 bits per heavy atom. The Balaban J connectivity index is 0.845. The van der Waals surface area contributed by atoms with Crippen molar-refractivity contribution in [3.63, 3.8) is 0 Å². The Bertz CT molecular complexity index is 4750. The van der Waals surface area contributed by atoms with Gasteiger partial charge in [-0.3, -0.25) is 0 Å². The van der Waals surface area contributed by atoms with E-state index in [1.54, 1.807) is 0 Å². The van der Waals surface area contributed by atoms with Gasteiger partial charge in [0.2, 0.25) is 0 Å². The van der Waals surface area contributed by atoms with Crippen LogP contribution in [0.2, 0.25) is 0 Å². The number of nitrogens with zero attached hydrogens (tertiary/aromatic N) is 4. The van der Waals surface area contributed by atoms with Crippen molar-refractivity contribution in [2.75, 3.05) is 0 Å². The number of fused-ring (bicyclic) bond motifs is 7. The number of rotatable bonds is 9. The first-order chi connectivity index (χ1) is 38.6. The number of para-hydroxylation sites is 1. The molecule has 0 aliphatic carbocycles. The van der Waals surface area contributed by atoms with Crippen molar-refractivity contribution in [2.24, 2.45) is 0 Å². The van der Waals surface area contributed by atoms with E-state index in [1.165, 1.54) is 76.7 Å². The maximum atomic E-state index is 5.22. The lowest BCUT2D eigenvalue weighted by Gasteiger charge is -2.13. The molecular weight excluding hydrogens is 945 g/mol. The van der Waals surface area contributed by atoms with Gasteiger partial charge in [-0.05, 0) is 140 Å². The molecule has 0 N–H and O–H groups in total. The van der Waals surface area contributed by atoms with Gasteiger partial charge in [0.15, 0.2) is 5.82 Å². The number of hydrogen-bond donors (Lipinski definition) is 0. The van der Waals surface area contributed by atoms with E-state index >= 15 is 0 Å². The third kappa shape index (κ3) is 7.94. The van der Waals surface area contributed by atoms with Gasteiger partial charge in [0, 0.05) is 49.6 Å². The van der Waals surface area contributed by atoms with Crippen LogP contribution in [-0.2, 0) is 0 Å². The van der Waals surface area contributed by atoms with E-state index in [0.29, 0.717) is 5.82 Å². The van der Waals surface area contributed by atoms with Crippen LogP contribution in [0.15, 0.2) is 291 Å². The van der Waals surface area contributed by atoms with E-state index in [2.05, 4.69) is 282 Å². The summed E-state index contributed by atoms with van der Waals surface area (Å²) in [5.41, 5.74) is 21.0. The molecule has 0 fully saturated rings. The van der Waals surface area contributed by atoms with Crippen LogP contribution in [0.5, 0.6) is 0 Å². The quantitative estimate of drug-likeness (QED) is 0.144. The third-order valence-corrected chi connectivity index (χ3v) is 15.5. The molecule has 0 spiro atoms. The molecule has 4 heteroatoms. The lowest BCUT2D eigenvalue weighted by Crippen LogP contribution is -1.96. The highest BCUT2D eigenvalue weighted by Gasteiger charge is 2.19. The first-order valence-corrected chi connectivity index (χ1v) is 26.6. The summed E-state index contributed by atoms with van der Waals surface area (Å²) in [6.45, 7) is 0. The number of aromatic nitrogens is 4. The Hall–Kier alpha value is -10.4. The summed E-state index contributed by atoms with van der Waals surface area (Å²) in [5, 5.41) is 7.36. The summed E-state index contributed by atoms with van der Waals surface area (Å²) in [4.78, 5) is 10.4. The van der Waals surface area contributed by atoms with Crippen molar-refractivity contribution in [2.45, 2.75) is 0 Å². The molecule has 0 saturated carbocycles. The smallest absolute Gasteiger partial charge is 0.160 e. The zero-order chi connectivity index (χ0) is 51.5. The summed E-state index contributed by atoms with van der Waals surface area (Å²) in [7, 11) is 0. The molecule has 0 aliphatic heterocycles. The first-order valence-electron chi connectivity index (χ1n) is 26.6. The lowest BCUT2D eigenvalue weighted by molar-refractivity contribution is 1.18. The molecule has 0 radical (unpaired) electrons. The minimum atomic E-state index is 0.692. The van der Waals surface area contributed by atoms with E-state index in [4.69, 9.17) is 9.97 Å². The van der Waals surface area contributed by atoms with Gasteiger partial charge in [-0.15, -0.1) is 0 Å². The van der Waals surface area contributed by atoms with Crippen LogP contribution in [-0.4, -0.2) is 19.1 Å². The van der Waals surface area contributed by atoms with E-state index in [-0.39, 0.29) is 0 Å². The fourth-order valence-corrected chi connectivity index (χ4v) is 11.6. The number of benzene rings is 12. The van der Waals surface area contributed by atoms with Gasteiger partial charge in [-0.1, -0.05) is 206 Å². The van der Waals surface area contributed by atoms with Crippen molar-refractivity contribution < 1.29 is 0 Å². The van der Waals surface area contributed by atoms with Gasteiger partial charge in [-0.25, -0.2) is 9.97 Å². The Kier molecular flexibility index (Phi) is 10.8. The SMILES string of the molecule is c1ccc(-c2ccc(-c3cc(-c4cccc(-c5cccc(-n6c7ccc(-c8ccccc8)cc7c7cc(-c8ccc9c(c8)c8cc%10ccccc%10cc8n9-c8ccccc8)ccc76)c5)c4)nc(-c4ccccc4)n3)cc2)cc1. The lowest BCUT2D eigenvalue weighted by atomic mass is 9.99. The van der Waals surface area contributed by atoms with E-state index in [1.807, 2.05) is 18.2 Å². The van der Waals surface area contributed by atoms with Gasteiger partial charge in [0.05, 0.1) is 33.5 Å². The fourth-order valence-electron chi connectivity index (χ4n) is 11.6. The summed E-state index contributed by atoms with van der Waals surface area (Å²) >= 11 is 0. The van der Waals surface area contributed by atoms with Crippen LogP contribution in [0.4, 0.5) is 0 Å². The average Bonchev–Trinajstić information content (AvgIpc) is 4.19. The van der Waals surface area contributed by atoms with Crippen LogP contribution in [0.1, 0.15) is 0 Å². The van der Waals surface area contributed by atoms with Crippen molar-refractivity contribution in [3.8, 4) is 89.8 Å². The van der Waals surface area contributed by atoms with Gasteiger partial charge in [0.1, 0.15) is 0 Å². The average molecular weight is 993 g/mol. The molecule has 0 saturated heterocycles. The fraction of sp³-hybridized carbons (Fsp3) is 0. The zero-order valence-corrected chi connectivity index (χ0v) is 42.5. The molecule has 364 valence electrons. The topological polar surface area (TPSA) is 35.6 Å². The standard InChI is InChI=1S/C74H48N4/c1-5-17-49(18-6-1)51-31-33-52(34-32-51)68-48-69(76-74(75-68)53-21-9-3-10-22-53)61-27-15-25-54(41-61)55-26-16-30-63(42-55)78-71-38-35-58(50-19-7-2-8-20-50)44-64(71)65-45-59(37-40-72(65)78)60-36-39-70-66(46-60)67-43-56-23-13-14-24-57(56)47-73(67)77(70)62-28-11-4-12-29-62/h1-48H. The molecule has 0 atom stereocenters. The monoisotopic (exact) mass is 992 g/mol. The zero-order valence-electron chi connectivity index (χ0n) is 42.5. The minimum Gasteiger partial charge on any atom is -0.309 e. The van der Waals surface area contributed by atoms with Gasteiger partial charge < -0.3 is 9.13 Å². The second-order valence-corrected chi connectivity index (χ2v) is 20.2. The largest absolute Gasteiger partial charge is 0.309 e. The summed E-state index contributed by atoms with van der Waals surface area (Å²) < 4.78 is 4.85. The Labute approximate surface area is 452 Å². The van der Waals surface area contributed by atoms with E-state index in [0.717, 1.165) is 61.6 Å². The number of hydrogen-bond acceptors (Lipinski definition) is 2. The molecule has 78 heavy (non-hydrogen) atoms. The predicted molar refractivity (Wildman–Crippen MR) is 326 cm³/mol. The maximum Gasteiger partial charge on any atom is 0.160 e. The van der Waals surface area contributed by atoms with Crippen molar-refractivity contribution in [1.29, 1.82) is 0 Å². The molecule has 3 heterocycles. The van der Waals surface area contributed by atoms with Crippen LogP contribution < -0.4 is 0 Å². The summed E-state index contributed by atoms with van der Waals surface area (Å²) in [6, 6.07) is 105. The first kappa shape index (κ1) is 45.0. The van der Waals surface area contributed by atoms with Crippen LogP contribution in [0.25, 0.3) is 144 Å². The van der Waals surface area contributed by atoms with Gasteiger partial charge >= 0.3 is 0 Å². The predicted octanol–water partition coefficient (Wildman–Crippen LogP) is 19.5. The molecule has 0 bridgehead atoms. The summed E-state index contributed by atoms with van der Waals surface area (Å²) in [5.74, 6) is 0.692. The van der Waals surface area contributed by atoms with E-state index in [9.17, 15) is 0 Å². The minimum absolute atomic E-state index is 0.692. The molecule has 12 aromatic carbocycles. The third-order valence-electron chi connectivity index (χ3n) is 15.5. The Morgan fingerprint density at radius 3 is 1.18 bits per heavy atom. The van der Waals surface area contributed by atoms with Crippen molar-refractivity contribution >= 4 is 54.4 Å². The molecule has 0 unspecified atom stereocenters. The van der Waals surface area contributed by atoms with Crippen LogP contribution >= 0.6 is 0 Å². The molecule has 15 rings (SSSR count).